The second-order valence-electron chi connectivity index (χ2n) is 8.59. The van der Waals surface area contributed by atoms with Crippen LogP contribution in [0.25, 0.3) is 16.8 Å². The summed E-state index contributed by atoms with van der Waals surface area (Å²) >= 11 is 0. The highest BCUT2D eigenvalue weighted by Gasteiger charge is 2.19. The molecule has 0 saturated carbocycles. The Morgan fingerprint density at radius 1 is 0.946 bits per heavy atom. The van der Waals surface area contributed by atoms with Gasteiger partial charge in [-0.15, -0.1) is 0 Å². The number of hydrogen-bond donors (Lipinski definition) is 1. The highest BCUT2D eigenvalue weighted by molar-refractivity contribution is 7.90. The number of hydrogen-bond acceptors (Lipinski definition) is 5. The lowest BCUT2D eigenvalue weighted by Crippen LogP contribution is -2.31. The summed E-state index contributed by atoms with van der Waals surface area (Å²) in [6, 6.07) is 16.8. The maximum absolute atomic E-state index is 13.7. The first-order chi connectivity index (χ1) is 17.5. The molecule has 0 spiro atoms. The van der Waals surface area contributed by atoms with E-state index in [1.165, 1.54) is 24.3 Å². The van der Waals surface area contributed by atoms with Crippen LogP contribution in [0.5, 0.6) is 0 Å². The van der Waals surface area contributed by atoms with Gasteiger partial charge >= 0.3 is 6.09 Å². The van der Waals surface area contributed by atoms with Gasteiger partial charge in [-0.1, -0.05) is 29.8 Å². The van der Waals surface area contributed by atoms with Crippen molar-refractivity contribution in [3.63, 3.8) is 0 Å². The van der Waals surface area contributed by atoms with E-state index in [1.54, 1.807) is 23.7 Å². The average Bonchev–Trinajstić information content (AvgIpc) is 3.12. The summed E-state index contributed by atoms with van der Waals surface area (Å²) in [6.07, 6.45) is -0.690. The second kappa shape index (κ2) is 10.5. The van der Waals surface area contributed by atoms with Crippen LogP contribution in [0.2, 0.25) is 0 Å². The molecule has 0 atom stereocenters. The average molecular weight is 526 g/mol. The molecular weight excluding hydrogens is 500 g/mol. The number of amides is 1. The number of nitrogens with zero attached hydrogens (tertiary/aromatic N) is 2. The van der Waals surface area contributed by atoms with Crippen LogP contribution in [0, 0.1) is 32.4 Å². The van der Waals surface area contributed by atoms with Crippen molar-refractivity contribution in [2.45, 2.75) is 32.1 Å². The predicted molar refractivity (Wildman–Crippen MR) is 135 cm³/mol. The van der Waals surface area contributed by atoms with E-state index in [4.69, 9.17) is 4.74 Å². The molecule has 37 heavy (non-hydrogen) atoms. The van der Waals surface area contributed by atoms with Crippen LogP contribution in [0.4, 0.5) is 13.6 Å². The van der Waals surface area contributed by atoms with E-state index in [1.807, 2.05) is 42.8 Å². The Balaban J connectivity index is 1.38. The first-order valence-corrected chi connectivity index (χ1v) is 12.9. The van der Waals surface area contributed by atoms with Crippen molar-refractivity contribution in [3.05, 3.63) is 101 Å². The first-order valence-electron chi connectivity index (χ1n) is 11.4. The number of rotatable bonds is 7. The molecule has 1 N–H and O–H groups in total. The monoisotopic (exact) mass is 525 g/mol. The van der Waals surface area contributed by atoms with Crippen molar-refractivity contribution in [3.8, 4) is 16.8 Å². The van der Waals surface area contributed by atoms with E-state index in [0.29, 0.717) is 23.2 Å². The molecule has 0 saturated heterocycles. The number of aromatic nitrogens is 2. The molecule has 10 heteroatoms. The van der Waals surface area contributed by atoms with Crippen molar-refractivity contribution in [2.24, 2.45) is 0 Å². The van der Waals surface area contributed by atoms with Crippen LogP contribution in [0.3, 0.4) is 0 Å². The van der Waals surface area contributed by atoms with E-state index >= 15 is 0 Å². The van der Waals surface area contributed by atoms with Crippen LogP contribution in [-0.2, 0) is 21.2 Å². The summed E-state index contributed by atoms with van der Waals surface area (Å²) in [6.45, 7) is 5.40. The van der Waals surface area contributed by atoms with E-state index in [2.05, 4.69) is 5.10 Å². The first kappa shape index (κ1) is 26.0. The lowest BCUT2D eigenvalue weighted by molar-refractivity contribution is 0.154. The Morgan fingerprint density at radius 3 is 2.19 bits per heavy atom. The fraction of sp³-hybridized carbons (Fsp3) is 0.185. The smallest absolute Gasteiger partial charge is 0.421 e. The number of carbonyl (C=O) groups excluding carboxylic acids is 1. The third-order valence-corrected chi connectivity index (χ3v) is 7.12. The van der Waals surface area contributed by atoms with Crippen LogP contribution in [-0.4, -0.2) is 30.9 Å². The molecule has 0 aliphatic rings. The third-order valence-electron chi connectivity index (χ3n) is 5.80. The van der Waals surface area contributed by atoms with Crippen molar-refractivity contribution in [2.75, 3.05) is 6.61 Å². The highest BCUT2D eigenvalue weighted by atomic mass is 32.2. The van der Waals surface area contributed by atoms with Gasteiger partial charge in [-0.3, -0.25) is 0 Å². The molecule has 192 valence electrons. The number of benzene rings is 3. The zero-order chi connectivity index (χ0) is 26.7. The predicted octanol–water partition coefficient (Wildman–Crippen LogP) is 5.40. The van der Waals surface area contributed by atoms with Crippen molar-refractivity contribution < 1.29 is 26.7 Å². The van der Waals surface area contributed by atoms with Gasteiger partial charge < -0.3 is 4.74 Å². The zero-order valence-corrected chi connectivity index (χ0v) is 21.3. The Bertz CT molecular complexity index is 1530. The number of halogens is 2. The lowest BCUT2D eigenvalue weighted by Gasteiger charge is -2.09. The van der Waals surface area contributed by atoms with E-state index in [-0.39, 0.29) is 11.5 Å². The van der Waals surface area contributed by atoms with Crippen LogP contribution in [0.1, 0.15) is 22.5 Å². The van der Waals surface area contributed by atoms with Crippen LogP contribution in [0.15, 0.2) is 71.6 Å². The maximum Gasteiger partial charge on any atom is 0.421 e. The third kappa shape index (κ3) is 6.03. The minimum Gasteiger partial charge on any atom is -0.448 e. The number of ether oxygens (including phenoxy) is 1. The van der Waals surface area contributed by atoms with Crippen molar-refractivity contribution >= 4 is 16.1 Å². The maximum atomic E-state index is 13.7. The molecule has 0 bridgehead atoms. The van der Waals surface area contributed by atoms with Gasteiger partial charge in [0.2, 0.25) is 0 Å². The Hall–Kier alpha value is -4.05. The summed E-state index contributed by atoms with van der Waals surface area (Å²) in [4.78, 5) is 12.0. The van der Waals surface area contributed by atoms with E-state index in [0.717, 1.165) is 28.6 Å². The normalized spacial score (nSPS) is 11.4. The van der Waals surface area contributed by atoms with Gasteiger partial charge in [0.25, 0.3) is 10.0 Å². The molecule has 4 rings (SSSR count). The number of sulfonamides is 1. The Kier molecular flexibility index (Phi) is 7.40. The van der Waals surface area contributed by atoms with Crippen molar-refractivity contribution in [1.82, 2.24) is 14.5 Å². The van der Waals surface area contributed by atoms with Gasteiger partial charge in [-0.2, -0.15) is 5.10 Å². The van der Waals surface area contributed by atoms with Gasteiger partial charge in [0.15, 0.2) is 0 Å². The zero-order valence-electron chi connectivity index (χ0n) is 20.5. The molecule has 0 fully saturated rings. The summed E-state index contributed by atoms with van der Waals surface area (Å²) < 4.78 is 60.7. The quantitative estimate of drug-likeness (QED) is 0.349. The van der Waals surface area contributed by atoms with Crippen molar-refractivity contribution in [1.29, 1.82) is 0 Å². The van der Waals surface area contributed by atoms with Crippen LogP contribution >= 0.6 is 0 Å². The summed E-state index contributed by atoms with van der Waals surface area (Å²) in [7, 11) is -4.01. The second-order valence-corrected chi connectivity index (χ2v) is 10.3. The standard InChI is InChI=1S/C27H25F2N3O4S/c1-17-4-10-25(11-5-17)37(34,35)31-27(33)36-13-12-20-6-8-24(9-7-20)32-19(3)26(18(2)30-32)21-14-22(28)16-23(29)15-21/h4-11,14-16H,12-13H2,1-3H3,(H,31,33). The Labute approximate surface area is 213 Å². The molecule has 0 radical (unpaired) electrons. The Morgan fingerprint density at radius 2 is 1.57 bits per heavy atom. The molecule has 7 nitrogen and oxygen atoms in total. The summed E-state index contributed by atoms with van der Waals surface area (Å²) in [5, 5.41) is 4.53. The fourth-order valence-electron chi connectivity index (χ4n) is 3.99. The molecule has 3 aromatic carbocycles. The highest BCUT2D eigenvalue weighted by Crippen LogP contribution is 2.30. The summed E-state index contributed by atoms with van der Waals surface area (Å²) in [5.41, 5.74) is 4.92. The molecule has 1 heterocycles. The van der Waals surface area contributed by atoms with E-state index < -0.39 is 27.8 Å². The van der Waals surface area contributed by atoms with Crippen LogP contribution < -0.4 is 4.72 Å². The fourth-order valence-corrected chi connectivity index (χ4v) is 4.88. The lowest BCUT2D eigenvalue weighted by atomic mass is 10.0. The SMILES string of the molecule is Cc1ccc(S(=O)(=O)NC(=O)OCCc2ccc(-n3nc(C)c(-c4cc(F)cc(F)c4)c3C)cc2)cc1. The van der Waals surface area contributed by atoms with Gasteiger partial charge in [-0.25, -0.2) is 31.4 Å². The minimum absolute atomic E-state index is 0.0240. The molecule has 0 aliphatic heterocycles. The topological polar surface area (TPSA) is 90.3 Å². The number of nitrogens with one attached hydrogen (secondary N) is 1. The minimum atomic E-state index is -4.01. The molecule has 4 aromatic rings. The molecule has 1 aromatic heterocycles. The largest absolute Gasteiger partial charge is 0.448 e. The molecule has 1 amide bonds. The van der Waals surface area contributed by atoms with Gasteiger partial charge in [0.1, 0.15) is 11.6 Å². The number of carbonyl (C=O) groups is 1. The molecule has 0 unspecified atom stereocenters. The number of aryl methyl sites for hydroxylation is 2. The van der Waals surface area contributed by atoms with E-state index in [9.17, 15) is 22.0 Å². The van der Waals surface area contributed by atoms with Gasteiger partial charge in [0, 0.05) is 23.7 Å². The van der Waals surface area contributed by atoms with Gasteiger partial charge in [0.05, 0.1) is 22.9 Å². The molecule has 0 aliphatic carbocycles. The van der Waals surface area contributed by atoms with Gasteiger partial charge in [-0.05, 0) is 68.3 Å². The summed E-state index contributed by atoms with van der Waals surface area (Å²) in [5.74, 6) is -1.32. The molecular formula is C27H25F2N3O4S.